The average Bonchev–Trinajstić information content (AvgIpc) is 3.00. The first-order chi connectivity index (χ1) is 12.3. The number of aromatic nitrogens is 4. The van der Waals surface area contributed by atoms with E-state index in [1.54, 1.807) is 15.6 Å². The quantitative estimate of drug-likeness (QED) is 0.669. The van der Waals surface area contributed by atoms with Crippen molar-refractivity contribution in [2.24, 2.45) is 0 Å². The highest BCUT2D eigenvalue weighted by molar-refractivity contribution is 5.94. The summed E-state index contributed by atoms with van der Waals surface area (Å²) in [5, 5.41) is 4.42. The van der Waals surface area contributed by atoms with Crippen molar-refractivity contribution >= 4 is 11.6 Å². The molecule has 0 saturated carbocycles. The molecule has 0 radical (unpaired) electrons. The fourth-order valence-electron chi connectivity index (χ4n) is 3.10. The number of aryl methyl sites for hydroxylation is 1. The normalized spacial score (nSPS) is 14.5. The molecule has 0 atom stereocenters. The molecular weight excluding hydrogens is 347 g/mol. The van der Waals surface area contributed by atoms with Gasteiger partial charge in [-0.3, -0.25) is 9.78 Å². The molecule has 3 aromatic rings. The number of amides is 1. The van der Waals surface area contributed by atoms with Crippen molar-refractivity contribution in [3.05, 3.63) is 58.8 Å². The molecule has 0 aliphatic carbocycles. The number of nitrogens with zero attached hydrogens (tertiary/aromatic N) is 5. The standard InChI is InChI=1S/C17H14F3N5O/c1-10-6-15-22-8-12-9-24(5-4-13(12)25(15)23-10)16(26)11-2-3-14(21-7-11)17(18,19)20/h2-3,6-8H,4-5,9H2,1H3. The molecule has 0 spiro atoms. The second-order valence-corrected chi connectivity index (χ2v) is 6.19. The molecule has 4 rings (SSSR count). The highest BCUT2D eigenvalue weighted by Gasteiger charge is 2.32. The van der Waals surface area contributed by atoms with Gasteiger partial charge >= 0.3 is 6.18 Å². The van der Waals surface area contributed by atoms with E-state index >= 15 is 0 Å². The third kappa shape index (κ3) is 2.79. The number of carbonyl (C=O) groups is 1. The molecule has 9 heteroatoms. The Morgan fingerprint density at radius 3 is 2.69 bits per heavy atom. The van der Waals surface area contributed by atoms with E-state index in [1.165, 1.54) is 0 Å². The number of hydrogen-bond donors (Lipinski definition) is 0. The number of hydrogen-bond acceptors (Lipinski definition) is 4. The summed E-state index contributed by atoms with van der Waals surface area (Å²) in [6.07, 6.45) is -1.24. The second-order valence-electron chi connectivity index (χ2n) is 6.19. The summed E-state index contributed by atoms with van der Waals surface area (Å²) >= 11 is 0. The van der Waals surface area contributed by atoms with Gasteiger partial charge in [-0.1, -0.05) is 0 Å². The second kappa shape index (κ2) is 5.79. The van der Waals surface area contributed by atoms with Crippen LogP contribution in [0.3, 0.4) is 0 Å². The Bertz CT molecular complexity index is 994. The minimum Gasteiger partial charge on any atom is -0.334 e. The molecule has 0 bridgehead atoms. The topological polar surface area (TPSA) is 63.4 Å². The third-order valence-corrected chi connectivity index (χ3v) is 4.36. The molecule has 1 aliphatic heterocycles. The molecule has 4 heterocycles. The minimum absolute atomic E-state index is 0.130. The van der Waals surface area contributed by atoms with Gasteiger partial charge in [0.05, 0.1) is 17.0 Å². The molecule has 1 amide bonds. The Labute approximate surface area is 146 Å². The Morgan fingerprint density at radius 1 is 1.19 bits per heavy atom. The summed E-state index contributed by atoms with van der Waals surface area (Å²) in [5.74, 6) is -0.353. The SMILES string of the molecule is Cc1cc2ncc3c(n2n1)CCN(C(=O)c1ccc(C(F)(F)F)nc1)C3. The van der Waals surface area contributed by atoms with Crippen molar-refractivity contribution in [2.75, 3.05) is 6.54 Å². The summed E-state index contributed by atoms with van der Waals surface area (Å²) in [6.45, 7) is 2.67. The Morgan fingerprint density at radius 2 is 2.00 bits per heavy atom. The van der Waals surface area contributed by atoms with Crippen molar-refractivity contribution in [1.29, 1.82) is 0 Å². The van der Waals surface area contributed by atoms with E-state index in [1.807, 2.05) is 13.0 Å². The smallest absolute Gasteiger partial charge is 0.334 e. The molecule has 0 saturated heterocycles. The molecule has 6 nitrogen and oxygen atoms in total. The maximum atomic E-state index is 12.6. The molecule has 0 unspecified atom stereocenters. The predicted molar refractivity (Wildman–Crippen MR) is 85.4 cm³/mol. The number of pyridine rings is 1. The maximum absolute atomic E-state index is 12.6. The molecule has 26 heavy (non-hydrogen) atoms. The van der Waals surface area contributed by atoms with Crippen LogP contribution in [-0.2, 0) is 19.1 Å². The molecule has 134 valence electrons. The summed E-state index contributed by atoms with van der Waals surface area (Å²) in [6, 6.07) is 3.86. The Hall–Kier alpha value is -2.97. The minimum atomic E-state index is -4.52. The molecular formula is C17H14F3N5O. The molecule has 0 N–H and O–H groups in total. The van der Waals surface area contributed by atoms with Gasteiger partial charge < -0.3 is 4.90 Å². The number of carbonyl (C=O) groups excluding carboxylic acids is 1. The van der Waals surface area contributed by atoms with Gasteiger partial charge in [-0.2, -0.15) is 18.3 Å². The maximum Gasteiger partial charge on any atom is 0.433 e. The average molecular weight is 361 g/mol. The highest BCUT2D eigenvalue weighted by atomic mass is 19.4. The number of fused-ring (bicyclic) bond motifs is 3. The van der Waals surface area contributed by atoms with Crippen LogP contribution in [0.1, 0.15) is 33.0 Å². The molecule has 0 aromatic carbocycles. The lowest BCUT2D eigenvalue weighted by atomic mass is 10.1. The summed E-state index contributed by atoms with van der Waals surface area (Å²) in [5.41, 5.74) is 2.61. The third-order valence-electron chi connectivity index (χ3n) is 4.36. The summed E-state index contributed by atoms with van der Waals surface area (Å²) in [4.78, 5) is 21.9. The van der Waals surface area contributed by atoms with E-state index in [-0.39, 0.29) is 11.5 Å². The highest BCUT2D eigenvalue weighted by Crippen LogP contribution is 2.27. The van der Waals surface area contributed by atoms with E-state index in [9.17, 15) is 18.0 Å². The van der Waals surface area contributed by atoms with E-state index in [4.69, 9.17) is 0 Å². The van der Waals surface area contributed by atoms with Crippen molar-refractivity contribution in [3.8, 4) is 0 Å². The van der Waals surface area contributed by atoms with Crippen LogP contribution in [0.2, 0.25) is 0 Å². The van der Waals surface area contributed by atoms with Gasteiger partial charge in [-0.25, -0.2) is 9.50 Å². The number of rotatable bonds is 1. The van der Waals surface area contributed by atoms with Crippen LogP contribution in [0.5, 0.6) is 0 Å². The van der Waals surface area contributed by atoms with Gasteiger partial charge in [0, 0.05) is 43.5 Å². The largest absolute Gasteiger partial charge is 0.433 e. The summed E-state index contributed by atoms with van der Waals surface area (Å²) < 4.78 is 39.6. The van der Waals surface area contributed by atoms with Crippen molar-refractivity contribution in [3.63, 3.8) is 0 Å². The van der Waals surface area contributed by atoms with Crippen LogP contribution in [0.4, 0.5) is 13.2 Å². The zero-order chi connectivity index (χ0) is 18.5. The lowest BCUT2D eigenvalue weighted by Gasteiger charge is -2.28. The Balaban J connectivity index is 1.58. The van der Waals surface area contributed by atoms with Crippen LogP contribution in [0.25, 0.3) is 5.65 Å². The van der Waals surface area contributed by atoms with E-state index in [2.05, 4.69) is 15.1 Å². The zero-order valence-electron chi connectivity index (χ0n) is 13.8. The zero-order valence-corrected chi connectivity index (χ0v) is 13.8. The van der Waals surface area contributed by atoms with Crippen LogP contribution < -0.4 is 0 Å². The monoisotopic (exact) mass is 361 g/mol. The van der Waals surface area contributed by atoms with E-state index < -0.39 is 11.9 Å². The lowest BCUT2D eigenvalue weighted by Crippen LogP contribution is -2.37. The summed E-state index contributed by atoms with van der Waals surface area (Å²) in [7, 11) is 0. The predicted octanol–water partition coefficient (Wildman–Crippen LogP) is 2.65. The number of halogens is 3. The fraction of sp³-hybridized carbons (Fsp3) is 0.294. The lowest BCUT2D eigenvalue weighted by molar-refractivity contribution is -0.141. The van der Waals surface area contributed by atoms with Crippen LogP contribution >= 0.6 is 0 Å². The van der Waals surface area contributed by atoms with Crippen LogP contribution in [0, 0.1) is 6.92 Å². The van der Waals surface area contributed by atoms with Crippen molar-refractivity contribution in [1.82, 2.24) is 24.5 Å². The van der Waals surface area contributed by atoms with Gasteiger partial charge in [-0.15, -0.1) is 0 Å². The van der Waals surface area contributed by atoms with Crippen LogP contribution in [0.15, 0.2) is 30.6 Å². The van der Waals surface area contributed by atoms with Crippen LogP contribution in [-0.4, -0.2) is 36.9 Å². The van der Waals surface area contributed by atoms with E-state index in [0.717, 1.165) is 40.9 Å². The van der Waals surface area contributed by atoms with E-state index in [0.29, 0.717) is 19.5 Å². The van der Waals surface area contributed by atoms with Crippen molar-refractivity contribution < 1.29 is 18.0 Å². The van der Waals surface area contributed by atoms with Gasteiger partial charge in [-0.05, 0) is 19.1 Å². The fourth-order valence-corrected chi connectivity index (χ4v) is 3.10. The first-order valence-electron chi connectivity index (χ1n) is 7.98. The van der Waals surface area contributed by atoms with Gasteiger partial charge in [0.15, 0.2) is 5.65 Å². The molecule has 3 aromatic heterocycles. The molecule has 1 aliphatic rings. The van der Waals surface area contributed by atoms with Gasteiger partial charge in [0.25, 0.3) is 5.91 Å². The first-order valence-corrected chi connectivity index (χ1v) is 7.98. The van der Waals surface area contributed by atoms with Crippen molar-refractivity contribution in [2.45, 2.75) is 26.1 Å². The Kier molecular flexibility index (Phi) is 3.67. The molecule has 0 fully saturated rings. The first kappa shape index (κ1) is 16.5. The van der Waals surface area contributed by atoms with Gasteiger partial charge in [0.1, 0.15) is 5.69 Å². The van der Waals surface area contributed by atoms with Gasteiger partial charge in [0.2, 0.25) is 0 Å². The number of alkyl halides is 3.